The number of nitrogens with zero attached hydrogens (tertiary/aromatic N) is 2. The molecule has 0 atom stereocenters. The number of amides is 1. The van der Waals surface area contributed by atoms with E-state index < -0.39 is 5.91 Å². The molecule has 0 aliphatic carbocycles. The van der Waals surface area contributed by atoms with E-state index in [4.69, 9.17) is 4.74 Å². The highest BCUT2D eigenvalue weighted by Gasteiger charge is 2.22. The maximum absolute atomic E-state index is 12.6. The summed E-state index contributed by atoms with van der Waals surface area (Å²) < 4.78 is 6.39. The third kappa shape index (κ3) is 3.14. The topological polar surface area (TPSA) is 72.7 Å². The first-order valence-electron chi connectivity index (χ1n) is 6.63. The Bertz CT molecular complexity index is 712. The molecule has 0 fully saturated rings. The van der Waals surface area contributed by atoms with Gasteiger partial charge in [0.2, 0.25) is 0 Å². The Kier molecular flexibility index (Phi) is 4.43. The van der Waals surface area contributed by atoms with E-state index >= 15 is 0 Å². The number of thiazole rings is 1. The Morgan fingerprint density at radius 3 is 2.81 bits per heavy atom. The summed E-state index contributed by atoms with van der Waals surface area (Å²) in [7, 11) is 1.55. The fraction of sp³-hybridized carbons (Fsp3) is 0.500. The molecule has 0 aliphatic rings. The van der Waals surface area contributed by atoms with Crippen LogP contribution in [0.15, 0.2) is 16.4 Å². The van der Waals surface area contributed by atoms with Gasteiger partial charge in [-0.25, -0.2) is 4.98 Å². The second kappa shape index (κ2) is 5.95. The molecule has 1 amide bonds. The number of carbonyl (C=O) groups excluding carboxylic acids is 1. The van der Waals surface area contributed by atoms with Gasteiger partial charge in [0.1, 0.15) is 5.56 Å². The van der Waals surface area contributed by atoms with Crippen molar-refractivity contribution < 1.29 is 9.53 Å². The van der Waals surface area contributed by atoms with Crippen LogP contribution in [-0.2, 0) is 10.2 Å². The second-order valence-corrected chi connectivity index (χ2v) is 6.55. The van der Waals surface area contributed by atoms with Crippen LogP contribution in [-0.4, -0.2) is 35.6 Å². The maximum atomic E-state index is 12.6. The average Bonchev–Trinajstić information content (AvgIpc) is 2.84. The molecule has 1 N–H and O–H groups in total. The number of methoxy groups -OCH3 is 1. The fourth-order valence-corrected chi connectivity index (χ4v) is 3.00. The van der Waals surface area contributed by atoms with Crippen molar-refractivity contribution in [2.45, 2.75) is 26.2 Å². The van der Waals surface area contributed by atoms with Gasteiger partial charge in [-0.1, -0.05) is 20.8 Å². The number of aromatic nitrogens is 2. The zero-order valence-electron chi connectivity index (χ0n) is 12.6. The molecule has 114 valence electrons. The van der Waals surface area contributed by atoms with Crippen LogP contribution < -0.4 is 10.9 Å². The van der Waals surface area contributed by atoms with E-state index in [0.29, 0.717) is 18.1 Å². The van der Waals surface area contributed by atoms with Gasteiger partial charge in [0.25, 0.3) is 11.5 Å². The molecule has 6 nitrogen and oxygen atoms in total. The molecule has 2 aromatic heterocycles. The molecule has 0 bridgehead atoms. The van der Waals surface area contributed by atoms with Crippen LogP contribution in [0.3, 0.4) is 0 Å². The van der Waals surface area contributed by atoms with Gasteiger partial charge >= 0.3 is 0 Å². The third-order valence-corrected chi connectivity index (χ3v) is 3.89. The Balaban J connectivity index is 2.46. The van der Waals surface area contributed by atoms with Crippen LogP contribution in [0.2, 0.25) is 0 Å². The van der Waals surface area contributed by atoms with Gasteiger partial charge in [0.05, 0.1) is 6.61 Å². The first kappa shape index (κ1) is 15.7. The lowest BCUT2D eigenvalue weighted by Crippen LogP contribution is -2.34. The summed E-state index contributed by atoms with van der Waals surface area (Å²) in [6, 6.07) is 0. The highest BCUT2D eigenvalue weighted by Crippen LogP contribution is 2.25. The summed E-state index contributed by atoms with van der Waals surface area (Å²) in [4.78, 5) is 29.4. The van der Waals surface area contributed by atoms with Gasteiger partial charge in [-0.05, 0) is 0 Å². The minimum Gasteiger partial charge on any atom is -0.383 e. The third-order valence-electron chi connectivity index (χ3n) is 3.05. The second-order valence-electron chi connectivity index (χ2n) is 5.71. The van der Waals surface area contributed by atoms with Gasteiger partial charge < -0.3 is 10.1 Å². The number of carbonyl (C=O) groups is 1. The Morgan fingerprint density at radius 2 is 2.19 bits per heavy atom. The van der Waals surface area contributed by atoms with Crippen LogP contribution >= 0.6 is 11.3 Å². The lowest BCUT2D eigenvalue weighted by atomic mass is 9.93. The number of hydrogen-bond donors (Lipinski definition) is 1. The summed E-state index contributed by atoms with van der Waals surface area (Å²) in [6.45, 7) is 6.81. The number of hydrogen-bond acceptors (Lipinski definition) is 5. The monoisotopic (exact) mass is 309 g/mol. The first-order chi connectivity index (χ1) is 9.86. The van der Waals surface area contributed by atoms with Crippen molar-refractivity contribution in [3.05, 3.63) is 33.2 Å². The van der Waals surface area contributed by atoms with Crippen molar-refractivity contribution in [1.82, 2.24) is 14.7 Å². The van der Waals surface area contributed by atoms with Gasteiger partial charge in [-0.3, -0.25) is 14.0 Å². The molecule has 0 unspecified atom stereocenters. The molecular weight excluding hydrogens is 290 g/mol. The van der Waals surface area contributed by atoms with Gasteiger partial charge in [-0.15, -0.1) is 11.3 Å². The molecule has 2 rings (SSSR count). The number of fused-ring (bicyclic) bond motifs is 1. The van der Waals surface area contributed by atoms with Crippen molar-refractivity contribution in [2.24, 2.45) is 0 Å². The standard InChI is InChI=1S/C14H19N3O3S/c1-14(2,3)10-8-21-13-16-7-9(12(19)17(10)13)11(18)15-5-6-20-4/h7-8H,5-6H2,1-4H3,(H,15,18). The molecule has 0 saturated carbocycles. The summed E-state index contributed by atoms with van der Waals surface area (Å²) in [5.74, 6) is -0.426. The molecule has 0 radical (unpaired) electrons. The minimum atomic E-state index is -0.426. The predicted molar refractivity (Wildman–Crippen MR) is 82.2 cm³/mol. The molecule has 2 aromatic rings. The normalized spacial score (nSPS) is 11.8. The molecule has 0 spiro atoms. The van der Waals surface area contributed by atoms with E-state index in [1.807, 2.05) is 26.2 Å². The number of ether oxygens (including phenoxy) is 1. The molecule has 0 aromatic carbocycles. The van der Waals surface area contributed by atoms with E-state index in [9.17, 15) is 9.59 Å². The van der Waals surface area contributed by atoms with Gasteiger partial charge in [-0.2, -0.15) is 0 Å². The minimum absolute atomic E-state index is 0.0486. The zero-order valence-corrected chi connectivity index (χ0v) is 13.4. The number of nitrogens with one attached hydrogen (secondary N) is 1. The molecule has 2 heterocycles. The van der Waals surface area contributed by atoms with Crippen LogP contribution in [0.4, 0.5) is 0 Å². The quantitative estimate of drug-likeness (QED) is 0.867. The van der Waals surface area contributed by atoms with E-state index in [1.165, 1.54) is 21.9 Å². The summed E-state index contributed by atoms with van der Waals surface area (Å²) >= 11 is 1.40. The van der Waals surface area contributed by atoms with Crippen molar-refractivity contribution in [2.75, 3.05) is 20.3 Å². The van der Waals surface area contributed by atoms with Crippen molar-refractivity contribution in [1.29, 1.82) is 0 Å². The van der Waals surface area contributed by atoms with E-state index in [1.54, 1.807) is 7.11 Å². The SMILES string of the molecule is COCCNC(=O)c1cnc2scc(C(C)(C)C)n2c1=O. The highest BCUT2D eigenvalue weighted by atomic mass is 32.1. The summed E-state index contributed by atoms with van der Waals surface area (Å²) in [6.07, 6.45) is 1.34. The average molecular weight is 309 g/mol. The first-order valence-corrected chi connectivity index (χ1v) is 7.51. The molecule has 21 heavy (non-hydrogen) atoms. The van der Waals surface area contributed by atoms with E-state index in [-0.39, 0.29) is 16.5 Å². The Hall–Kier alpha value is -1.73. The molecule has 0 aliphatic heterocycles. The van der Waals surface area contributed by atoms with Crippen LogP contribution in [0, 0.1) is 0 Å². The van der Waals surface area contributed by atoms with Crippen molar-refractivity contribution in [3.8, 4) is 0 Å². The Morgan fingerprint density at radius 1 is 1.48 bits per heavy atom. The smallest absolute Gasteiger partial charge is 0.271 e. The van der Waals surface area contributed by atoms with Gasteiger partial charge in [0, 0.05) is 36.3 Å². The van der Waals surface area contributed by atoms with Crippen LogP contribution in [0.1, 0.15) is 36.8 Å². The number of rotatable bonds is 4. The van der Waals surface area contributed by atoms with E-state index in [0.717, 1.165) is 5.69 Å². The molecular formula is C14H19N3O3S. The van der Waals surface area contributed by atoms with Crippen molar-refractivity contribution in [3.63, 3.8) is 0 Å². The largest absolute Gasteiger partial charge is 0.383 e. The van der Waals surface area contributed by atoms with Crippen LogP contribution in [0.5, 0.6) is 0 Å². The lowest BCUT2D eigenvalue weighted by molar-refractivity contribution is 0.0935. The maximum Gasteiger partial charge on any atom is 0.271 e. The molecule has 0 saturated heterocycles. The summed E-state index contributed by atoms with van der Waals surface area (Å²) in [5.41, 5.74) is 0.370. The van der Waals surface area contributed by atoms with Crippen LogP contribution in [0.25, 0.3) is 4.96 Å². The van der Waals surface area contributed by atoms with E-state index in [2.05, 4.69) is 10.3 Å². The lowest BCUT2D eigenvalue weighted by Gasteiger charge is -2.17. The highest BCUT2D eigenvalue weighted by molar-refractivity contribution is 7.15. The predicted octanol–water partition coefficient (Wildman–Crippen LogP) is 1.43. The Labute approximate surface area is 126 Å². The summed E-state index contributed by atoms with van der Waals surface area (Å²) in [5, 5.41) is 4.55. The molecule has 7 heteroatoms. The fourth-order valence-electron chi connectivity index (χ4n) is 1.93. The van der Waals surface area contributed by atoms with Gasteiger partial charge in [0.15, 0.2) is 4.96 Å². The van der Waals surface area contributed by atoms with Crippen molar-refractivity contribution >= 4 is 22.2 Å². The zero-order chi connectivity index (χ0) is 15.6.